The van der Waals surface area contributed by atoms with Crippen LogP contribution in [0.2, 0.25) is 0 Å². The van der Waals surface area contributed by atoms with Crippen molar-refractivity contribution >= 4 is 17.7 Å². The number of aromatic nitrogens is 1. The Morgan fingerprint density at radius 2 is 2.26 bits per heavy atom. The summed E-state index contributed by atoms with van der Waals surface area (Å²) in [7, 11) is 1.50. The summed E-state index contributed by atoms with van der Waals surface area (Å²) >= 11 is 0. The highest BCUT2D eigenvalue weighted by molar-refractivity contribution is 5.91. The third kappa shape index (κ3) is 3.57. The van der Waals surface area contributed by atoms with E-state index in [9.17, 15) is 9.59 Å². The van der Waals surface area contributed by atoms with Gasteiger partial charge in [-0.25, -0.2) is 9.78 Å². The number of nitrogens with one attached hydrogen (secondary N) is 1. The molecule has 0 bridgehead atoms. The molecule has 7 nitrogen and oxygen atoms in total. The smallest absolute Gasteiger partial charge is 0.323 e. The van der Waals surface area contributed by atoms with Crippen molar-refractivity contribution in [3.8, 4) is 5.88 Å². The summed E-state index contributed by atoms with van der Waals surface area (Å²) in [6.07, 6.45) is 3.16. The Labute approximate surface area is 110 Å². The summed E-state index contributed by atoms with van der Waals surface area (Å²) in [5, 5.41) is 11.4. The van der Waals surface area contributed by atoms with Crippen LogP contribution in [-0.2, 0) is 4.79 Å². The first-order valence-electron chi connectivity index (χ1n) is 5.89. The Balaban J connectivity index is 1.99. The maximum Gasteiger partial charge on any atom is 0.323 e. The monoisotopic (exact) mass is 265 g/mol. The van der Waals surface area contributed by atoms with Crippen LogP contribution in [-0.4, -0.2) is 46.7 Å². The number of amides is 2. The Morgan fingerprint density at radius 1 is 1.53 bits per heavy atom. The SMILES string of the molecule is COc1ccc(NC(=O)N(CC(=O)O)C2CC2)cn1. The van der Waals surface area contributed by atoms with Gasteiger partial charge < -0.3 is 20.1 Å². The Kier molecular flexibility index (Phi) is 3.84. The van der Waals surface area contributed by atoms with Gasteiger partial charge in [0.05, 0.1) is 19.0 Å². The van der Waals surface area contributed by atoms with Crippen LogP contribution in [0.15, 0.2) is 18.3 Å². The van der Waals surface area contributed by atoms with E-state index in [-0.39, 0.29) is 12.6 Å². The van der Waals surface area contributed by atoms with E-state index < -0.39 is 12.0 Å². The summed E-state index contributed by atoms with van der Waals surface area (Å²) in [6.45, 7) is -0.292. The van der Waals surface area contributed by atoms with Crippen molar-refractivity contribution < 1.29 is 19.4 Å². The number of nitrogens with zero attached hydrogens (tertiary/aromatic N) is 2. The van der Waals surface area contributed by atoms with E-state index in [1.165, 1.54) is 18.2 Å². The Morgan fingerprint density at radius 3 is 2.74 bits per heavy atom. The maximum absolute atomic E-state index is 12.0. The molecule has 2 amide bonds. The van der Waals surface area contributed by atoms with Crippen molar-refractivity contribution in [3.63, 3.8) is 0 Å². The van der Waals surface area contributed by atoms with Gasteiger partial charge in [-0.05, 0) is 18.9 Å². The summed E-state index contributed by atoms with van der Waals surface area (Å²) in [4.78, 5) is 28.0. The van der Waals surface area contributed by atoms with Crippen molar-refractivity contribution in [3.05, 3.63) is 18.3 Å². The van der Waals surface area contributed by atoms with Crippen LogP contribution in [0, 0.1) is 0 Å². The number of hydrogen-bond acceptors (Lipinski definition) is 4. The van der Waals surface area contributed by atoms with Crippen LogP contribution >= 0.6 is 0 Å². The standard InChI is InChI=1S/C12H15N3O4/c1-19-10-5-2-8(6-13-10)14-12(18)15(7-11(16)17)9-3-4-9/h2,5-6,9H,3-4,7H2,1H3,(H,14,18)(H,16,17). The molecule has 1 aromatic heterocycles. The van der Waals surface area contributed by atoms with E-state index in [0.29, 0.717) is 11.6 Å². The molecule has 0 aliphatic heterocycles. The molecular formula is C12H15N3O4. The number of urea groups is 1. The second-order valence-corrected chi connectivity index (χ2v) is 4.27. The lowest BCUT2D eigenvalue weighted by molar-refractivity contribution is -0.137. The van der Waals surface area contributed by atoms with E-state index in [0.717, 1.165) is 12.8 Å². The zero-order valence-corrected chi connectivity index (χ0v) is 10.5. The molecule has 0 atom stereocenters. The molecule has 102 valence electrons. The predicted molar refractivity (Wildman–Crippen MR) is 67.2 cm³/mol. The molecule has 0 spiro atoms. The molecule has 0 saturated heterocycles. The van der Waals surface area contributed by atoms with Crippen LogP contribution in [0.5, 0.6) is 5.88 Å². The minimum Gasteiger partial charge on any atom is -0.481 e. The third-order valence-corrected chi connectivity index (χ3v) is 2.75. The molecule has 0 unspecified atom stereocenters. The lowest BCUT2D eigenvalue weighted by Crippen LogP contribution is -2.40. The first-order chi connectivity index (χ1) is 9.10. The van der Waals surface area contributed by atoms with Crippen molar-refractivity contribution in [2.24, 2.45) is 0 Å². The number of hydrogen-bond donors (Lipinski definition) is 2. The first-order valence-corrected chi connectivity index (χ1v) is 5.89. The molecule has 2 N–H and O–H groups in total. The highest BCUT2D eigenvalue weighted by Crippen LogP contribution is 2.27. The van der Waals surface area contributed by atoms with Crippen molar-refractivity contribution in [2.75, 3.05) is 19.0 Å². The number of rotatable bonds is 5. The Hall–Kier alpha value is -2.31. The minimum atomic E-state index is -1.02. The molecule has 1 heterocycles. The van der Waals surface area contributed by atoms with Gasteiger partial charge in [0.25, 0.3) is 0 Å². The topological polar surface area (TPSA) is 91.8 Å². The molecular weight excluding hydrogens is 250 g/mol. The van der Waals surface area contributed by atoms with Gasteiger partial charge in [0, 0.05) is 12.1 Å². The predicted octanol–water partition coefficient (Wildman–Crippen LogP) is 1.17. The summed E-state index contributed by atoms with van der Waals surface area (Å²) in [5.74, 6) is -0.572. The fraction of sp³-hybridized carbons (Fsp3) is 0.417. The number of aliphatic carboxylic acids is 1. The van der Waals surface area contributed by atoms with E-state index in [1.54, 1.807) is 12.1 Å². The van der Waals surface area contributed by atoms with Crippen LogP contribution in [0.25, 0.3) is 0 Å². The average Bonchev–Trinajstić information content (AvgIpc) is 3.21. The van der Waals surface area contributed by atoms with E-state index in [1.807, 2.05) is 0 Å². The molecule has 0 radical (unpaired) electrons. The van der Waals surface area contributed by atoms with Crippen LogP contribution in [0.3, 0.4) is 0 Å². The van der Waals surface area contributed by atoms with Gasteiger partial charge in [-0.2, -0.15) is 0 Å². The first kappa shape index (κ1) is 13.1. The largest absolute Gasteiger partial charge is 0.481 e. The molecule has 7 heteroatoms. The molecule has 19 heavy (non-hydrogen) atoms. The van der Waals surface area contributed by atoms with Gasteiger partial charge in [0.1, 0.15) is 6.54 Å². The van der Waals surface area contributed by atoms with Crippen LogP contribution in [0.4, 0.5) is 10.5 Å². The van der Waals surface area contributed by atoms with Gasteiger partial charge in [0.2, 0.25) is 5.88 Å². The van der Waals surface area contributed by atoms with Crippen molar-refractivity contribution in [2.45, 2.75) is 18.9 Å². The molecule has 1 fully saturated rings. The number of pyridine rings is 1. The number of ether oxygens (including phenoxy) is 1. The number of anilines is 1. The fourth-order valence-electron chi connectivity index (χ4n) is 1.67. The number of methoxy groups -OCH3 is 1. The number of carboxylic acid groups (broad SMARTS) is 1. The molecule has 1 saturated carbocycles. The molecule has 1 aromatic rings. The van der Waals surface area contributed by atoms with Gasteiger partial charge in [-0.1, -0.05) is 0 Å². The summed E-state index contributed by atoms with van der Waals surface area (Å²) in [6, 6.07) is 2.88. The second-order valence-electron chi connectivity index (χ2n) is 4.27. The molecule has 0 aromatic carbocycles. The number of carbonyl (C=O) groups is 2. The quantitative estimate of drug-likeness (QED) is 0.833. The lowest BCUT2D eigenvalue weighted by atomic mass is 10.4. The third-order valence-electron chi connectivity index (χ3n) is 2.75. The van der Waals surface area contributed by atoms with E-state index in [4.69, 9.17) is 9.84 Å². The van der Waals surface area contributed by atoms with Crippen molar-refractivity contribution in [1.82, 2.24) is 9.88 Å². The highest BCUT2D eigenvalue weighted by Gasteiger charge is 2.33. The van der Waals surface area contributed by atoms with Gasteiger partial charge in [-0.3, -0.25) is 4.79 Å². The van der Waals surface area contributed by atoms with Crippen LogP contribution in [0.1, 0.15) is 12.8 Å². The summed E-state index contributed by atoms with van der Waals surface area (Å²) < 4.78 is 4.91. The molecule has 2 rings (SSSR count). The van der Waals surface area contributed by atoms with E-state index in [2.05, 4.69) is 10.3 Å². The Bertz CT molecular complexity index is 470. The average molecular weight is 265 g/mol. The van der Waals surface area contributed by atoms with Gasteiger partial charge in [-0.15, -0.1) is 0 Å². The highest BCUT2D eigenvalue weighted by atomic mass is 16.5. The van der Waals surface area contributed by atoms with E-state index >= 15 is 0 Å². The van der Waals surface area contributed by atoms with Gasteiger partial charge in [0.15, 0.2) is 0 Å². The summed E-state index contributed by atoms with van der Waals surface area (Å²) in [5.41, 5.74) is 0.502. The van der Waals surface area contributed by atoms with Crippen LogP contribution < -0.4 is 10.1 Å². The fourth-order valence-corrected chi connectivity index (χ4v) is 1.67. The van der Waals surface area contributed by atoms with Crippen molar-refractivity contribution in [1.29, 1.82) is 0 Å². The molecule has 1 aliphatic carbocycles. The zero-order chi connectivity index (χ0) is 13.8. The number of carboxylic acids is 1. The minimum absolute atomic E-state index is 0.0299. The zero-order valence-electron chi connectivity index (χ0n) is 10.5. The number of carbonyl (C=O) groups excluding carboxylic acids is 1. The maximum atomic E-state index is 12.0. The van der Waals surface area contributed by atoms with Gasteiger partial charge >= 0.3 is 12.0 Å². The second kappa shape index (κ2) is 5.55. The normalized spacial score (nSPS) is 13.7. The lowest BCUT2D eigenvalue weighted by Gasteiger charge is -2.20. The molecule has 1 aliphatic rings.